The minimum absolute atomic E-state index is 0.0567. The first-order valence-electron chi connectivity index (χ1n) is 6.28. The van der Waals surface area contributed by atoms with E-state index in [0.717, 1.165) is 12.8 Å². The fourth-order valence-electron chi connectivity index (χ4n) is 2.22. The second-order valence-corrected chi connectivity index (χ2v) is 6.55. The van der Waals surface area contributed by atoms with Crippen LogP contribution in [0.4, 0.5) is 0 Å². The van der Waals surface area contributed by atoms with Crippen molar-refractivity contribution in [3.63, 3.8) is 0 Å². The Labute approximate surface area is 116 Å². The van der Waals surface area contributed by atoms with Gasteiger partial charge in [-0.1, -0.05) is 0 Å². The van der Waals surface area contributed by atoms with E-state index >= 15 is 0 Å². The molecule has 1 N–H and O–H groups in total. The quantitative estimate of drug-likeness (QED) is 0.792. The van der Waals surface area contributed by atoms with Crippen LogP contribution in [0.25, 0.3) is 5.69 Å². The summed E-state index contributed by atoms with van der Waals surface area (Å²) in [4.78, 5) is 0.276. The minimum atomic E-state index is -3.39. The molecule has 0 bridgehead atoms. The molecule has 2 heterocycles. The van der Waals surface area contributed by atoms with E-state index in [-0.39, 0.29) is 10.4 Å². The Kier molecular flexibility index (Phi) is 3.19. The molecular weight excluding hydrogens is 280 g/mol. The van der Waals surface area contributed by atoms with Crippen molar-refractivity contribution >= 4 is 10.0 Å². The van der Waals surface area contributed by atoms with Crippen molar-refractivity contribution in [2.45, 2.75) is 17.7 Å². The molecule has 0 spiro atoms. The molecule has 0 unspecified atom stereocenters. The normalized spacial score (nSPS) is 16.6. The van der Waals surface area contributed by atoms with Crippen LogP contribution in [-0.2, 0) is 10.0 Å². The molecule has 1 aliphatic rings. The van der Waals surface area contributed by atoms with Gasteiger partial charge in [-0.25, -0.2) is 13.1 Å². The maximum atomic E-state index is 12.3. The van der Waals surface area contributed by atoms with Crippen molar-refractivity contribution in [1.82, 2.24) is 9.58 Å². The maximum Gasteiger partial charge on any atom is 0.265 e. The number of nitrogens with zero attached hydrogens (tertiary/aromatic N) is 3. The van der Waals surface area contributed by atoms with Crippen LogP contribution in [-0.4, -0.2) is 25.8 Å². The summed E-state index contributed by atoms with van der Waals surface area (Å²) in [5, 5.41) is 10.9. The number of hydrogen-bond donors (Lipinski definition) is 1. The molecule has 7 nitrogen and oxygen atoms in total. The maximum absolute atomic E-state index is 12.3. The molecule has 0 saturated carbocycles. The Morgan fingerprint density at radius 3 is 2.40 bits per heavy atom. The van der Waals surface area contributed by atoms with Crippen molar-refractivity contribution in [3.05, 3.63) is 36.0 Å². The molecule has 0 amide bonds. The van der Waals surface area contributed by atoms with Crippen LogP contribution >= 0.6 is 0 Å². The third-order valence-electron chi connectivity index (χ3n) is 3.27. The van der Waals surface area contributed by atoms with E-state index in [1.807, 2.05) is 0 Å². The summed E-state index contributed by atoms with van der Waals surface area (Å²) >= 11 is 0. The SMILES string of the molecule is N=c1c[n+](-c2ccc(S(=O)(=O)N3CCCC3)cc2)[n-]o1. The molecule has 2 aromatic rings. The van der Waals surface area contributed by atoms with E-state index < -0.39 is 10.0 Å². The molecule has 1 aromatic carbocycles. The molecule has 20 heavy (non-hydrogen) atoms. The molecule has 0 atom stereocenters. The summed E-state index contributed by atoms with van der Waals surface area (Å²) in [5.74, 6) is 0. The summed E-state index contributed by atoms with van der Waals surface area (Å²) in [6.07, 6.45) is 3.24. The number of sulfonamides is 1. The van der Waals surface area contributed by atoms with Crippen LogP contribution in [0.15, 0.2) is 39.9 Å². The highest BCUT2D eigenvalue weighted by atomic mass is 32.2. The summed E-state index contributed by atoms with van der Waals surface area (Å²) in [5.41, 5.74) is 0.589. The number of hydrogen-bond acceptors (Lipinski definition) is 4. The summed E-state index contributed by atoms with van der Waals surface area (Å²) < 4.78 is 32.2. The van der Waals surface area contributed by atoms with Crippen molar-refractivity contribution in [1.29, 1.82) is 5.41 Å². The van der Waals surface area contributed by atoms with Crippen LogP contribution in [0.1, 0.15) is 12.8 Å². The smallest absolute Gasteiger partial charge is 0.265 e. The average molecular weight is 294 g/mol. The van der Waals surface area contributed by atoms with Gasteiger partial charge in [0.25, 0.3) is 5.55 Å². The van der Waals surface area contributed by atoms with Crippen LogP contribution < -0.4 is 15.5 Å². The predicted molar refractivity (Wildman–Crippen MR) is 67.4 cm³/mol. The van der Waals surface area contributed by atoms with E-state index in [2.05, 4.69) is 9.79 Å². The van der Waals surface area contributed by atoms with E-state index in [1.165, 1.54) is 15.2 Å². The number of aromatic nitrogens is 2. The van der Waals surface area contributed by atoms with E-state index in [0.29, 0.717) is 18.8 Å². The molecule has 0 radical (unpaired) electrons. The predicted octanol–water partition coefficient (Wildman–Crippen LogP) is -0.223. The number of nitrogens with one attached hydrogen (secondary N) is 1. The molecule has 1 saturated heterocycles. The Morgan fingerprint density at radius 2 is 1.85 bits per heavy atom. The second kappa shape index (κ2) is 4.88. The van der Waals surface area contributed by atoms with Crippen molar-refractivity contribution in [3.8, 4) is 5.69 Å². The zero-order valence-corrected chi connectivity index (χ0v) is 11.5. The van der Waals surface area contributed by atoms with Gasteiger partial charge in [0.2, 0.25) is 21.9 Å². The van der Waals surface area contributed by atoms with E-state index in [4.69, 9.17) is 5.41 Å². The zero-order valence-electron chi connectivity index (χ0n) is 10.7. The van der Waals surface area contributed by atoms with Crippen molar-refractivity contribution < 1.29 is 17.6 Å². The fraction of sp³-hybridized carbons (Fsp3) is 0.333. The van der Waals surface area contributed by atoms with E-state index in [9.17, 15) is 8.42 Å². The van der Waals surface area contributed by atoms with Crippen LogP contribution in [0.3, 0.4) is 0 Å². The third kappa shape index (κ3) is 2.27. The van der Waals surface area contributed by atoms with Gasteiger partial charge in [-0.2, -0.15) is 4.31 Å². The van der Waals surface area contributed by atoms with Gasteiger partial charge < -0.3 is 4.52 Å². The van der Waals surface area contributed by atoms with Crippen molar-refractivity contribution in [2.24, 2.45) is 0 Å². The highest BCUT2D eigenvalue weighted by molar-refractivity contribution is 7.89. The minimum Gasteiger partial charge on any atom is -0.487 e. The van der Waals surface area contributed by atoms with Crippen LogP contribution in [0.2, 0.25) is 0 Å². The average Bonchev–Trinajstić information content (AvgIpc) is 3.10. The standard InChI is InChI=1S/C12H14N4O3S/c13-12-9-16(14-19-12)10-3-5-11(6-4-10)20(17,18)15-7-1-2-8-15/h3-6,9,13H,1-2,7-8H2. The largest absolute Gasteiger partial charge is 0.487 e. The third-order valence-corrected chi connectivity index (χ3v) is 5.18. The first-order chi connectivity index (χ1) is 9.57. The van der Waals surface area contributed by atoms with Gasteiger partial charge in [0.05, 0.1) is 4.90 Å². The molecule has 0 aliphatic carbocycles. The summed E-state index contributed by atoms with van der Waals surface area (Å²) in [6.45, 7) is 1.18. The lowest BCUT2D eigenvalue weighted by molar-refractivity contribution is -0.676. The number of benzene rings is 1. The lowest BCUT2D eigenvalue weighted by atomic mass is 10.3. The first-order valence-corrected chi connectivity index (χ1v) is 7.72. The Balaban J connectivity index is 1.91. The summed E-state index contributed by atoms with van der Waals surface area (Å²) in [6, 6.07) is 6.39. The summed E-state index contributed by atoms with van der Waals surface area (Å²) in [7, 11) is -3.39. The second-order valence-electron chi connectivity index (χ2n) is 4.62. The highest BCUT2D eigenvalue weighted by Crippen LogP contribution is 2.20. The lowest BCUT2D eigenvalue weighted by Gasteiger charge is -2.15. The Morgan fingerprint density at radius 1 is 1.20 bits per heavy atom. The Hall–Kier alpha value is -1.93. The first kappa shape index (κ1) is 13.1. The van der Waals surface area contributed by atoms with Gasteiger partial charge in [-0.3, -0.25) is 10.7 Å². The zero-order chi connectivity index (χ0) is 14.2. The van der Waals surface area contributed by atoms with Gasteiger partial charge in [-0.05, 0) is 25.0 Å². The van der Waals surface area contributed by atoms with Crippen molar-refractivity contribution in [2.75, 3.05) is 13.1 Å². The van der Waals surface area contributed by atoms with Gasteiger partial charge in [0.15, 0.2) is 0 Å². The molecule has 1 fully saturated rings. The van der Waals surface area contributed by atoms with Gasteiger partial charge in [-0.15, -0.1) is 0 Å². The van der Waals surface area contributed by atoms with Crippen LogP contribution in [0, 0.1) is 5.41 Å². The topological polar surface area (TPSA) is 92.4 Å². The molecule has 8 heteroatoms. The van der Waals surface area contributed by atoms with E-state index in [1.54, 1.807) is 24.3 Å². The molecule has 1 aromatic heterocycles. The fourth-order valence-corrected chi connectivity index (χ4v) is 3.73. The highest BCUT2D eigenvalue weighted by Gasteiger charge is 2.27. The molecule has 3 rings (SSSR count). The van der Waals surface area contributed by atoms with Gasteiger partial charge in [0, 0.05) is 25.2 Å². The lowest BCUT2D eigenvalue weighted by Crippen LogP contribution is -2.34. The molecular formula is C12H14N4O3S. The monoisotopic (exact) mass is 294 g/mol. The molecule has 106 valence electrons. The number of rotatable bonds is 3. The molecule has 1 aliphatic heterocycles. The van der Waals surface area contributed by atoms with Gasteiger partial charge in [0.1, 0.15) is 0 Å². The van der Waals surface area contributed by atoms with Gasteiger partial charge >= 0.3 is 0 Å². The van der Waals surface area contributed by atoms with Crippen LogP contribution in [0.5, 0.6) is 0 Å². The Bertz CT molecular complexity index is 755.